The van der Waals surface area contributed by atoms with Gasteiger partial charge >= 0.3 is 0 Å². The lowest BCUT2D eigenvalue weighted by molar-refractivity contribution is -0.121. The van der Waals surface area contributed by atoms with Gasteiger partial charge in [-0.3, -0.25) is 10.2 Å². The molecular formula is C10H15N3OS. The lowest BCUT2D eigenvalue weighted by Gasteiger charge is -2.11. The van der Waals surface area contributed by atoms with Gasteiger partial charge in [-0.05, 0) is 12.1 Å². The number of hydrogen-bond donors (Lipinski definition) is 3. The quantitative estimate of drug-likeness (QED) is 0.236. The molecule has 82 valence electrons. The van der Waals surface area contributed by atoms with Crippen molar-refractivity contribution in [2.45, 2.75) is 23.5 Å². The van der Waals surface area contributed by atoms with Gasteiger partial charge in [-0.25, -0.2) is 5.84 Å². The zero-order valence-corrected chi connectivity index (χ0v) is 9.38. The number of nitrogens with one attached hydrogen (secondary N) is 1. The summed E-state index contributed by atoms with van der Waals surface area (Å²) in [4.78, 5) is 12.0. The number of para-hydroxylation sites is 1. The van der Waals surface area contributed by atoms with Crippen molar-refractivity contribution in [2.24, 2.45) is 5.84 Å². The van der Waals surface area contributed by atoms with Crippen LogP contribution in [0.15, 0.2) is 29.2 Å². The number of amides is 1. The number of nitrogens with two attached hydrogens (primary N) is 2. The fourth-order valence-electron chi connectivity index (χ4n) is 1.17. The van der Waals surface area contributed by atoms with Gasteiger partial charge in [-0.1, -0.05) is 19.1 Å². The first kappa shape index (κ1) is 11.9. The van der Waals surface area contributed by atoms with Crippen molar-refractivity contribution in [3.63, 3.8) is 0 Å². The summed E-state index contributed by atoms with van der Waals surface area (Å²) in [6.07, 6.45) is 0.384. The maximum absolute atomic E-state index is 11.0. The van der Waals surface area contributed by atoms with Crippen LogP contribution in [0.4, 0.5) is 5.69 Å². The fraction of sp³-hybridized carbons (Fsp3) is 0.300. The second kappa shape index (κ2) is 5.63. The van der Waals surface area contributed by atoms with Crippen molar-refractivity contribution in [2.75, 3.05) is 5.73 Å². The molecule has 0 heterocycles. The minimum atomic E-state index is -0.162. The maximum atomic E-state index is 11.0. The van der Waals surface area contributed by atoms with E-state index >= 15 is 0 Å². The van der Waals surface area contributed by atoms with Crippen LogP contribution in [0.25, 0.3) is 0 Å². The SMILES string of the molecule is CC(CC(=O)NN)Sc1ccccc1N. The van der Waals surface area contributed by atoms with E-state index in [0.717, 1.165) is 10.6 Å². The van der Waals surface area contributed by atoms with Crippen LogP contribution in [0, 0.1) is 0 Å². The molecule has 1 atom stereocenters. The summed E-state index contributed by atoms with van der Waals surface area (Å²) in [6.45, 7) is 1.96. The summed E-state index contributed by atoms with van der Waals surface area (Å²) in [6, 6.07) is 7.60. The van der Waals surface area contributed by atoms with Crippen molar-refractivity contribution in [3.8, 4) is 0 Å². The van der Waals surface area contributed by atoms with Gasteiger partial charge in [0.15, 0.2) is 0 Å². The molecule has 1 amide bonds. The van der Waals surface area contributed by atoms with Crippen molar-refractivity contribution in [3.05, 3.63) is 24.3 Å². The third-order valence-corrected chi connectivity index (χ3v) is 3.08. The molecule has 15 heavy (non-hydrogen) atoms. The van der Waals surface area contributed by atoms with E-state index in [1.807, 2.05) is 31.2 Å². The number of anilines is 1. The number of nitrogen functional groups attached to an aromatic ring is 1. The fourth-order valence-corrected chi connectivity index (χ4v) is 2.20. The van der Waals surface area contributed by atoms with Crippen LogP contribution in [0.2, 0.25) is 0 Å². The maximum Gasteiger partial charge on any atom is 0.234 e. The topological polar surface area (TPSA) is 81.1 Å². The van der Waals surface area contributed by atoms with Crippen molar-refractivity contribution in [1.29, 1.82) is 0 Å². The largest absolute Gasteiger partial charge is 0.398 e. The standard InChI is InChI=1S/C10H15N3OS/c1-7(6-10(14)13-12)15-9-5-3-2-4-8(9)11/h2-5,7H,6,11-12H2,1H3,(H,13,14). The molecule has 0 fully saturated rings. The molecular weight excluding hydrogens is 210 g/mol. The average molecular weight is 225 g/mol. The van der Waals surface area contributed by atoms with E-state index in [4.69, 9.17) is 11.6 Å². The molecule has 1 aromatic rings. The summed E-state index contributed by atoms with van der Waals surface area (Å²) < 4.78 is 0. The molecule has 0 aromatic heterocycles. The van der Waals surface area contributed by atoms with Crippen LogP contribution in [-0.2, 0) is 4.79 Å². The first-order valence-corrected chi connectivity index (χ1v) is 5.52. The first-order chi connectivity index (χ1) is 7.13. The molecule has 5 N–H and O–H groups in total. The summed E-state index contributed by atoms with van der Waals surface area (Å²) in [5.41, 5.74) is 8.64. The van der Waals surface area contributed by atoms with E-state index < -0.39 is 0 Å². The molecule has 0 aliphatic carbocycles. The molecule has 0 saturated heterocycles. The third-order valence-electron chi connectivity index (χ3n) is 1.88. The highest BCUT2D eigenvalue weighted by Gasteiger charge is 2.10. The van der Waals surface area contributed by atoms with E-state index in [1.165, 1.54) is 0 Å². The number of hydrogen-bond acceptors (Lipinski definition) is 4. The van der Waals surface area contributed by atoms with Gasteiger partial charge in [0.1, 0.15) is 0 Å². The highest BCUT2D eigenvalue weighted by Crippen LogP contribution is 2.29. The second-order valence-electron chi connectivity index (χ2n) is 3.24. The molecule has 0 aliphatic rings. The molecule has 4 nitrogen and oxygen atoms in total. The van der Waals surface area contributed by atoms with E-state index in [9.17, 15) is 4.79 Å². The number of benzene rings is 1. The number of carbonyl (C=O) groups excluding carboxylic acids is 1. The van der Waals surface area contributed by atoms with Gasteiger partial charge in [-0.2, -0.15) is 0 Å². The van der Waals surface area contributed by atoms with E-state index in [0.29, 0.717) is 6.42 Å². The summed E-state index contributed by atoms with van der Waals surface area (Å²) >= 11 is 1.57. The first-order valence-electron chi connectivity index (χ1n) is 4.64. The molecule has 1 unspecified atom stereocenters. The minimum Gasteiger partial charge on any atom is -0.398 e. The monoisotopic (exact) mass is 225 g/mol. The van der Waals surface area contributed by atoms with Crippen LogP contribution in [0.1, 0.15) is 13.3 Å². The molecule has 0 saturated carbocycles. The van der Waals surface area contributed by atoms with Gasteiger partial charge in [0.25, 0.3) is 0 Å². The number of thioether (sulfide) groups is 1. The van der Waals surface area contributed by atoms with E-state index in [2.05, 4.69) is 5.43 Å². The Balaban J connectivity index is 2.55. The molecule has 1 rings (SSSR count). The predicted molar refractivity (Wildman–Crippen MR) is 63.1 cm³/mol. The zero-order chi connectivity index (χ0) is 11.3. The van der Waals surface area contributed by atoms with E-state index in [-0.39, 0.29) is 11.2 Å². The molecule has 0 spiro atoms. The Kier molecular flexibility index (Phi) is 4.45. The van der Waals surface area contributed by atoms with Gasteiger partial charge in [0.2, 0.25) is 5.91 Å². The van der Waals surface area contributed by atoms with Crippen LogP contribution < -0.4 is 17.0 Å². The second-order valence-corrected chi connectivity index (χ2v) is 4.72. The van der Waals surface area contributed by atoms with Gasteiger partial charge in [0.05, 0.1) is 0 Å². The van der Waals surface area contributed by atoms with Gasteiger partial charge in [-0.15, -0.1) is 11.8 Å². The van der Waals surface area contributed by atoms with Crippen LogP contribution in [-0.4, -0.2) is 11.2 Å². The Hall–Kier alpha value is -1.20. The lowest BCUT2D eigenvalue weighted by Crippen LogP contribution is -2.31. The summed E-state index contributed by atoms with van der Waals surface area (Å²) in [5.74, 6) is 4.85. The highest BCUT2D eigenvalue weighted by atomic mass is 32.2. The predicted octanol–water partition coefficient (Wildman–Crippen LogP) is 1.13. The van der Waals surface area contributed by atoms with Gasteiger partial charge in [0, 0.05) is 22.3 Å². The Morgan fingerprint density at radius 2 is 2.20 bits per heavy atom. The Morgan fingerprint density at radius 1 is 1.53 bits per heavy atom. The number of rotatable bonds is 4. The number of hydrazine groups is 1. The average Bonchev–Trinajstić information content (AvgIpc) is 2.21. The van der Waals surface area contributed by atoms with Crippen LogP contribution >= 0.6 is 11.8 Å². The summed E-state index contributed by atoms with van der Waals surface area (Å²) in [5, 5.41) is 0.151. The molecule has 0 aliphatic heterocycles. The Morgan fingerprint density at radius 3 is 2.80 bits per heavy atom. The molecule has 0 radical (unpaired) electrons. The van der Waals surface area contributed by atoms with Crippen molar-refractivity contribution >= 4 is 23.4 Å². The zero-order valence-electron chi connectivity index (χ0n) is 8.57. The third kappa shape index (κ3) is 3.81. The van der Waals surface area contributed by atoms with Crippen molar-refractivity contribution in [1.82, 2.24) is 5.43 Å². The molecule has 0 bridgehead atoms. The molecule has 5 heteroatoms. The van der Waals surface area contributed by atoms with Gasteiger partial charge < -0.3 is 5.73 Å². The smallest absolute Gasteiger partial charge is 0.234 e. The normalized spacial score (nSPS) is 12.1. The molecule has 1 aromatic carbocycles. The Labute approximate surface area is 93.4 Å². The van der Waals surface area contributed by atoms with Crippen LogP contribution in [0.3, 0.4) is 0 Å². The lowest BCUT2D eigenvalue weighted by atomic mass is 10.3. The van der Waals surface area contributed by atoms with Crippen LogP contribution in [0.5, 0.6) is 0 Å². The Bertz CT molecular complexity index is 343. The summed E-state index contributed by atoms with van der Waals surface area (Å²) in [7, 11) is 0. The highest BCUT2D eigenvalue weighted by molar-refractivity contribution is 8.00. The van der Waals surface area contributed by atoms with Crippen molar-refractivity contribution < 1.29 is 4.79 Å². The minimum absolute atomic E-state index is 0.151. The number of carbonyl (C=O) groups is 1. The van der Waals surface area contributed by atoms with E-state index in [1.54, 1.807) is 11.8 Å².